The van der Waals surface area contributed by atoms with Crippen molar-refractivity contribution < 1.29 is 18.0 Å². The third kappa shape index (κ3) is 4.20. The molecular formula is C25H23F3N6O. The number of nitrogens with two attached hydrogens (primary N) is 1. The van der Waals surface area contributed by atoms with Gasteiger partial charge in [0.25, 0.3) is 6.43 Å². The van der Waals surface area contributed by atoms with Crippen LogP contribution in [0.1, 0.15) is 24.0 Å². The van der Waals surface area contributed by atoms with E-state index in [1.165, 1.54) is 17.1 Å². The third-order valence-corrected chi connectivity index (χ3v) is 6.62. The van der Waals surface area contributed by atoms with Gasteiger partial charge in [0.2, 0.25) is 5.91 Å². The van der Waals surface area contributed by atoms with Crippen molar-refractivity contribution in [1.82, 2.24) is 19.7 Å². The first kappa shape index (κ1) is 22.8. The molecule has 0 unspecified atom stereocenters. The number of carbonyl (C=O) groups excluding carboxylic acids is 1. The van der Waals surface area contributed by atoms with Gasteiger partial charge in [0.15, 0.2) is 5.82 Å². The molecule has 3 atom stereocenters. The molecule has 1 saturated carbocycles. The van der Waals surface area contributed by atoms with Gasteiger partial charge in [-0.2, -0.15) is 5.10 Å². The van der Waals surface area contributed by atoms with Crippen LogP contribution in [0.15, 0.2) is 49.2 Å². The number of aromatic nitrogens is 4. The number of amides is 1. The number of anilines is 2. The van der Waals surface area contributed by atoms with E-state index in [-0.39, 0.29) is 29.3 Å². The van der Waals surface area contributed by atoms with Gasteiger partial charge < -0.3 is 11.1 Å². The van der Waals surface area contributed by atoms with Crippen LogP contribution in [0.2, 0.25) is 0 Å². The Morgan fingerprint density at radius 1 is 1.23 bits per heavy atom. The summed E-state index contributed by atoms with van der Waals surface area (Å²) < 4.78 is 41.4. The highest BCUT2D eigenvalue weighted by Crippen LogP contribution is 2.54. The molecule has 0 spiro atoms. The summed E-state index contributed by atoms with van der Waals surface area (Å²) in [4.78, 5) is 21.3. The highest BCUT2D eigenvalue weighted by atomic mass is 19.3. The molecule has 0 aliphatic heterocycles. The standard InChI is InChI=1S/C25H23F3N6O/c1-12-3-4-30-8-17(12)16-5-14-6-20(31-9-18(14)24(29)23(16)28)33-25(35)22-13(2)21(22)15-7-32-34(10-15)11-19(26)27/h3-10,13,19,21-22H,11,29H2,1-2H3,(H,31,33,35)/t13-,21+,22-/m0/s1. The van der Waals surface area contributed by atoms with Gasteiger partial charge in [0.1, 0.15) is 12.4 Å². The smallest absolute Gasteiger partial charge is 0.257 e. The maximum Gasteiger partial charge on any atom is 0.257 e. The lowest BCUT2D eigenvalue weighted by atomic mass is 9.98. The molecule has 35 heavy (non-hydrogen) atoms. The third-order valence-electron chi connectivity index (χ3n) is 6.62. The summed E-state index contributed by atoms with van der Waals surface area (Å²) in [5, 5.41) is 7.86. The van der Waals surface area contributed by atoms with Crippen molar-refractivity contribution in [3.63, 3.8) is 0 Å². The van der Waals surface area contributed by atoms with Gasteiger partial charge in [-0.3, -0.25) is 14.5 Å². The summed E-state index contributed by atoms with van der Waals surface area (Å²) >= 11 is 0. The van der Waals surface area contributed by atoms with E-state index in [0.29, 0.717) is 27.7 Å². The molecule has 5 rings (SSSR count). The van der Waals surface area contributed by atoms with Gasteiger partial charge in [0.05, 0.1) is 11.9 Å². The highest BCUT2D eigenvalue weighted by molar-refractivity contribution is 6.00. The predicted octanol–water partition coefficient (Wildman–Crippen LogP) is 4.78. The number of alkyl halides is 2. The molecule has 7 nitrogen and oxygen atoms in total. The van der Waals surface area contributed by atoms with Crippen LogP contribution in [0.25, 0.3) is 21.9 Å². The molecule has 1 amide bonds. The van der Waals surface area contributed by atoms with Crippen LogP contribution < -0.4 is 11.1 Å². The first-order valence-corrected chi connectivity index (χ1v) is 11.1. The van der Waals surface area contributed by atoms with E-state index in [0.717, 1.165) is 11.1 Å². The van der Waals surface area contributed by atoms with Crippen LogP contribution in [0.3, 0.4) is 0 Å². The number of nitrogens with zero attached hydrogens (tertiary/aromatic N) is 4. The molecule has 4 aromatic rings. The second kappa shape index (κ2) is 8.68. The van der Waals surface area contributed by atoms with E-state index < -0.39 is 18.8 Å². The van der Waals surface area contributed by atoms with Gasteiger partial charge in [0, 0.05) is 53.1 Å². The van der Waals surface area contributed by atoms with Crippen molar-refractivity contribution in [2.24, 2.45) is 11.8 Å². The van der Waals surface area contributed by atoms with Crippen LogP contribution in [0.4, 0.5) is 24.7 Å². The molecule has 3 N–H and O–H groups in total. The number of pyridine rings is 2. The number of fused-ring (bicyclic) bond motifs is 1. The topological polar surface area (TPSA) is 98.7 Å². The molecule has 1 fully saturated rings. The van der Waals surface area contributed by atoms with Gasteiger partial charge in [-0.05, 0) is 47.6 Å². The van der Waals surface area contributed by atoms with E-state index in [1.807, 2.05) is 13.8 Å². The zero-order chi connectivity index (χ0) is 24.9. The highest BCUT2D eigenvalue weighted by Gasteiger charge is 2.53. The van der Waals surface area contributed by atoms with Gasteiger partial charge in [-0.25, -0.2) is 18.2 Å². The van der Waals surface area contributed by atoms with Crippen molar-refractivity contribution >= 4 is 28.2 Å². The first-order valence-electron chi connectivity index (χ1n) is 11.1. The van der Waals surface area contributed by atoms with E-state index >= 15 is 4.39 Å². The molecule has 1 aliphatic carbocycles. The Kier molecular flexibility index (Phi) is 5.66. The second-order valence-corrected chi connectivity index (χ2v) is 8.92. The minimum Gasteiger partial charge on any atom is -0.396 e. The summed E-state index contributed by atoms with van der Waals surface area (Å²) in [6, 6.07) is 5.11. The average Bonchev–Trinajstić information content (AvgIpc) is 3.28. The maximum absolute atomic E-state index is 15.0. The van der Waals surface area contributed by atoms with Gasteiger partial charge in [-0.1, -0.05) is 6.92 Å². The van der Waals surface area contributed by atoms with E-state index in [2.05, 4.69) is 20.4 Å². The van der Waals surface area contributed by atoms with E-state index in [1.54, 1.807) is 36.8 Å². The molecule has 1 aliphatic rings. The Labute approximate surface area is 199 Å². The summed E-state index contributed by atoms with van der Waals surface area (Å²) in [5.41, 5.74) is 8.60. The fraction of sp³-hybridized carbons (Fsp3) is 0.280. The van der Waals surface area contributed by atoms with Crippen LogP contribution in [0.5, 0.6) is 0 Å². The fourth-order valence-electron chi connectivity index (χ4n) is 4.69. The van der Waals surface area contributed by atoms with Crippen molar-refractivity contribution in [1.29, 1.82) is 0 Å². The predicted molar refractivity (Wildman–Crippen MR) is 126 cm³/mol. The normalized spacial score (nSPS) is 19.3. The number of hydrogen-bond donors (Lipinski definition) is 2. The first-order chi connectivity index (χ1) is 16.7. The zero-order valence-electron chi connectivity index (χ0n) is 19.0. The second-order valence-electron chi connectivity index (χ2n) is 8.92. The summed E-state index contributed by atoms with van der Waals surface area (Å²) in [6.07, 6.45) is 5.25. The Hall–Kier alpha value is -3.95. The molecule has 3 aromatic heterocycles. The minimum absolute atomic E-state index is 0.0252. The van der Waals surface area contributed by atoms with Crippen LogP contribution in [0, 0.1) is 24.6 Å². The number of halogens is 3. The van der Waals surface area contributed by atoms with Crippen LogP contribution in [-0.4, -0.2) is 32.1 Å². The number of nitrogens with one attached hydrogen (secondary N) is 1. The van der Waals surface area contributed by atoms with Crippen molar-refractivity contribution in [2.75, 3.05) is 11.1 Å². The number of hydrogen-bond acceptors (Lipinski definition) is 5. The average molecular weight is 480 g/mol. The zero-order valence-corrected chi connectivity index (χ0v) is 19.0. The summed E-state index contributed by atoms with van der Waals surface area (Å²) in [5.74, 6) is -0.864. The molecule has 0 radical (unpaired) electrons. The summed E-state index contributed by atoms with van der Waals surface area (Å²) in [7, 11) is 0. The monoisotopic (exact) mass is 480 g/mol. The SMILES string of the molecule is Cc1ccncc1-c1cc2cc(NC(=O)[C@H]3[C@@H](C)[C@@H]3c3cnn(CC(F)F)c3)ncc2c(N)c1F. The van der Waals surface area contributed by atoms with Crippen molar-refractivity contribution in [3.8, 4) is 11.1 Å². The van der Waals surface area contributed by atoms with Gasteiger partial charge >= 0.3 is 0 Å². The molecule has 10 heteroatoms. The lowest BCUT2D eigenvalue weighted by Gasteiger charge is -2.12. The molecular weight excluding hydrogens is 457 g/mol. The minimum atomic E-state index is -2.50. The Morgan fingerprint density at radius 3 is 2.77 bits per heavy atom. The fourth-order valence-corrected chi connectivity index (χ4v) is 4.69. The largest absolute Gasteiger partial charge is 0.396 e. The van der Waals surface area contributed by atoms with Crippen LogP contribution >= 0.6 is 0 Å². The number of nitrogen functional groups attached to an aromatic ring is 1. The molecule has 0 bridgehead atoms. The van der Waals surface area contributed by atoms with E-state index in [4.69, 9.17) is 5.73 Å². The maximum atomic E-state index is 15.0. The number of rotatable bonds is 6. The van der Waals surface area contributed by atoms with E-state index in [9.17, 15) is 13.6 Å². The lowest BCUT2D eigenvalue weighted by molar-refractivity contribution is -0.117. The molecule has 3 heterocycles. The summed E-state index contributed by atoms with van der Waals surface area (Å²) in [6.45, 7) is 3.31. The number of aryl methyl sites for hydroxylation is 1. The molecule has 0 saturated heterocycles. The Morgan fingerprint density at radius 2 is 2.03 bits per heavy atom. The van der Waals surface area contributed by atoms with Crippen molar-refractivity contribution in [2.45, 2.75) is 32.7 Å². The Bertz CT molecular complexity index is 1440. The Balaban J connectivity index is 1.39. The van der Waals surface area contributed by atoms with Crippen molar-refractivity contribution in [3.05, 3.63) is 66.1 Å². The number of benzene rings is 1. The molecule has 1 aromatic carbocycles. The lowest BCUT2D eigenvalue weighted by Crippen LogP contribution is -2.16. The number of carbonyl (C=O) groups is 1. The quantitative estimate of drug-likeness (QED) is 0.387. The van der Waals surface area contributed by atoms with Crippen LogP contribution in [-0.2, 0) is 11.3 Å². The molecule has 180 valence electrons. The van der Waals surface area contributed by atoms with Gasteiger partial charge in [-0.15, -0.1) is 0 Å².